The fourth-order valence-corrected chi connectivity index (χ4v) is 4.88. The molecule has 2 heterocycles. The van der Waals surface area contributed by atoms with Crippen molar-refractivity contribution in [3.8, 4) is 0 Å². The molecule has 0 aromatic carbocycles. The minimum absolute atomic E-state index is 0.0287. The smallest absolute Gasteiger partial charge is 0.353 e. The number of carboxylic acid groups (broad SMARTS) is 1. The van der Waals surface area contributed by atoms with Crippen molar-refractivity contribution in [1.82, 2.24) is 9.80 Å². The van der Waals surface area contributed by atoms with Crippen LogP contribution in [0.3, 0.4) is 0 Å². The SMILES string of the molecule is C[C@@H](O)[C@H]1C(=O)N2C(C(=O)O)=C(CSC(=S)N(C)C)S[C@H]12. The lowest BCUT2D eigenvalue weighted by atomic mass is 9.92. The predicted octanol–water partition coefficient (Wildman–Crippen LogP) is 0.774. The van der Waals surface area contributed by atoms with Crippen molar-refractivity contribution in [2.75, 3.05) is 19.8 Å². The standard InChI is InChI=1S/C12H16N2O4S3/c1-5(15)7-9(16)14-8(11(17)18)6(21-10(7)14)4-20-12(19)13(2)3/h5,7,10,15H,4H2,1-3H3,(H,17,18)/t5-,7+,10-/m1/s1. The monoisotopic (exact) mass is 348 g/mol. The van der Waals surface area contributed by atoms with Gasteiger partial charge in [0, 0.05) is 24.8 Å². The molecule has 116 valence electrons. The molecule has 3 atom stereocenters. The zero-order valence-electron chi connectivity index (χ0n) is 11.8. The van der Waals surface area contributed by atoms with E-state index in [0.29, 0.717) is 15.0 Å². The van der Waals surface area contributed by atoms with Crippen LogP contribution in [0.4, 0.5) is 0 Å². The second-order valence-corrected chi connectivity index (χ2v) is 7.83. The Balaban J connectivity index is 2.15. The van der Waals surface area contributed by atoms with Gasteiger partial charge in [0.15, 0.2) is 0 Å². The molecule has 0 aliphatic carbocycles. The number of amides is 1. The average molecular weight is 348 g/mol. The number of thiocarbonyl (C=S) groups is 1. The van der Waals surface area contributed by atoms with Crippen molar-refractivity contribution in [2.24, 2.45) is 5.92 Å². The Hall–Kier alpha value is -0.770. The summed E-state index contributed by atoms with van der Waals surface area (Å²) >= 11 is 7.86. The van der Waals surface area contributed by atoms with Gasteiger partial charge in [-0.25, -0.2) is 4.79 Å². The summed E-state index contributed by atoms with van der Waals surface area (Å²) in [6.45, 7) is 1.55. The van der Waals surface area contributed by atoms with Crippen LogP contribution in [0.2, 0.25) is 0 Å². The molecular formula is C12H16N2O4S3. The van der Waals surface area contributed by atoms with Crippen molar-refractivity contribution in [3.05, 3.63) is 10.6 Å². The average Bonchev–Trinajstić information content (AvgIpc) is 2.69. The van der Waals surface area contributed by atoms with E-state index in [4.69, 9.17) is 12.2 Å². The Morgan fingerprint density at radius 1 is 1.57 bits per heavy atom. The molecule has 9 heteroatoms. The van der Waals surface area contributed by atoms with Crippen LogP contribution in [-0.2, 0) is 9.59 Å². The molecule has 2 N–H and O–H groups in total. The summed E-state index contributed by atoms with van der Waals surface area (Å²) in [5.41, 5.74) is 0.0287. The van der Waals surface area contributed by atoms with Crippen molar-refractivity contribution >= 4 is 51.9 Å². The minimum atomic E-state index is -1.12. The molecule has 0 bridgehead atoms. The van der Waals surface area contributed by atoms with Gasteiger partial charge in [-0.05, 0) is 6.92 Å². The first kappa shape index (κ1) is 16.6. The molecule has 6 nitrogen and oxygen atoms in total. The van der Waals surface area contributed by atoms with E-state index in [-0.39, 0.29) is 17.0 Å². The van der Waals surface area contributed by atoms with Crippen LogP contribution in [0.15, 0.2) is 10.6 Å². The highest BCUT2D eigenvalue weighted by molar-refractivity contribution is 8.23. The highest BCUT2D eigenvalue weighted by Gasteiger charge is 2.57. The minimum Gasteiger partial charge on any atom is -0.477 e. The molecule has 0 aromatic rings. The summed E-state index contributed by atoms with van der Waals surface area (Å²) in [6.07, 6.45) is -0.781. The van der Waals surface area contributed by atoms with Crippen LogP contribution in [0.25, 0.3) is 0 Å². The van der Waals surface area contributed by atoms with Crippen molar-refractivity contribution in [2.45, 2.75) is 18.4 Å². The van der Waals surface area contributed by atoms with Gasteiger partial charge < -0.3 is 15.1 Å². The third kappa shape index (κ3) is 2.92. The number of thioether (sulfide) groups is 2. The second-order valence-electron chi connectivity index (χ2n) is 5.01. The number of fused-ring (bicyclic) bond motifs is 1. The van der Waals surface area contributed by atoms with Crippen molar-refractivity contribution in [3.63, 3.8) is 0 Å². The summed E-state index contributed by atoms with van der Waals surface area (Å²) < 4.78 is 0.653. The van der Waals surface area contributed by atoms with Gasteiger partial charge >= 0.3 is 5.97 Å². The van der Waals surface area contributed by atoms with E-state index in [9.17, 15) is 19.8 Å². The largest absolute Gasteiger partial charge is 0.477 e. The van der Waals surface area contributed by atoms with E-state index < -0.39 is 18.0 Å². The molecule has 1 amide bonds. The zero-order valence-corrected chi connectivity index (χ0v) is 14.2. The Morgan fingerprint density at radius 2 is 2.19 bits per heavy atom. The van der Waals surface area contributed by atoms with Crippen LogP contribution in [0, 0.1) is 5.92 Å². The fraction of sp³-hybridized carbons (Fsp3) is 0.583. The highest BCUT2D eigenvalue weighted by Crippen LogP contribution is 2.50. The summed E-state index contributed by atoms with van der Waals surface area (Å²) in [5.74, 6) is -1.56. The number of carbonyl (C=O) groups excluding carboxylic acids is 1. The van der Waals surface area contributed by atoms with Gasteiger partial charge in [-0.2, -0.15) is 0 Å². The lowest BCUT2D eigenvalue weighted by Crippen LogP contribution is -2.60. The van der Waals surface area contributed by atoms with Crippen LogP contribution in [0.5, 0.6) is 0 Å². The molecule has 1 saturated heterocycles. The first-order valence-corrected chi connectivity index (χ1v) is 8.51. The lowest BCUT2D eigenvalue weighted by molar-refractivity contribution is -0.156. The van der Waals surface area contributed by atoms with Gasteiger partial charge in [-0.3, -0.25) is 9.69 Å². The third-order valence-electron chi connectivity index (χ3n) is 3.27. The molecule has 0 radical (unpaired) electrons. The normalized spacial score (nSPS) is 25.5. The van der Waals surface area contributed by atoms with Gasteiger partial charge in [0.1, 0.15) is 15.4 Å². The number of β-lactam (4-membered cyclic amide) rings is 1. The zero-order chi connectivity index (χ0) is 15.9. The number of aliphatic carboxylic acids is 1. The number of carbonyl (C=O) groups is 2. The Bertz CT molecular complexity index is 533. The molecule has 2 aliphatic heterocycles. The molecule has 1 fully saturated rings. The molecule has 0 unspecified atom stereocenters. The van der Waals surface area contributed by atoms with Crippen molar-refractivity contribution < 1.29 is 19.8 Å². The first-order chi connectivity index (χ1) is 9.75. The number of carboxylic acids is 1. The maximum atomic E-state index is 12.0. The number of aliphatic hydroxyl groups is 1. The maximum Gasteiger partial charge on any atom is 0.353 e. The van der Waals surface area contributed by atoms with Gasteiger partial charge in [-0.1, -0.05) is 24.0 Å². The Morgan fingerprint density at radius 3 is 2.67 bits per heavy atom. The number of aliphatic hydroxyl groups excluding tert-OH is 1. The van der Waals surface area contributed by atoms with E-state index in [2.05, 4.69) is 0 Å². The van der Waals surface area contributed by atoms with E-state index in [1.54, 1.807) is 11.8 Å². The van der Waals surface area contributed by atoms with Crippen LogP contribution < -0.4 is 0 Å². The van der Waals surface area contributed by atoms with Gasteiger partial charge in [0.2, 0.25) is 5.91 Å². The van der Waals surface area contributed by atoms with Crippen molar-refractivity contribution in [1.29, 1.82) is 0 Å². The Kier molecular flexibility index (Phi) is 4.86. The van der Waals surface area contributed by atoms with Gasteiger partial charge in [0.25, 0.3) is 0 Å². The summed E-state index contributed by atoms with van der Waals surface area (Å²) in [5, 5.41) is 18.7. The maximum absolute atomic E-state index is 12.0. The lowest BCUT2D eigenvalue weighted by Gasteiger charge is -2.43. The molecule has 0 aromatic heterocycles. The molecule has 0 saturated carbocycles. The molecular weight excluding hydrogens is 332 g/mol. The number of hydrogen-bond donors (Lipinski definition) is 2. The molecule has 2 rings (SSSR count). The van der Waals surface area contributed by atoms with E-state index in [0.717, 1.165) is 0 Å². The number of rotatable bonds is 4. The summed E-state index contributed by atoms with van der Waals surface area (Å²) in [4.78, 5) is 27.1. The molecule has 2 aliphatic rings. The third-order valence-corrected chi connectivity index (χ3v) is 6.58. The molecule has 0 spiro atoms. The topological polar surface area (TPSA) is 81.1 Å². The molecule has 21 heavy (non-hydrogen) atoms. The predicted molar refractivity (Wildman–Crippen MR) is 86.8 cm³/mol. The van der Waals surface area contributed by atoms with Crippen LogP contribution >= 0.6 is 35.7 Å². The second kappa shape index (κ2) is 6.15. The first-order valence-electron chi connectivity index (χ1n) is 6.24. The Labute approximate surface area is 136 Å². The summed E-state index contributed by atoms with van der Waals surface area (Å²) in [6, 6.07) is 0. The highest BCUT2D eigenvalue weighted by atomic mass is 32.2. The van der Waals surface area contributed by atoms with E-state index in [1.165, 1.54) is 28.4 Å². The van der Waals surface area contributed by atoms with Gasteiger partial charge in [-0.15, -0.1) is 11.8 Å². The number of nitrogens with zero attached hydrogens (tertiary/aromatic N) is 2. The van der Waals surface area contributed by atoms with Crippen LogP contribution in [-0.4, -0.2) is 67.5 Å². The van der Waals surface area contributed by atoms with Crippen LogP contribution in [0.1, 0.15) is 6.92 Å². The quantitative estimate of drug-likeness (QED) is 0.570. The van der Waals surface area contributed by atoms with E-state index in [1.807, 2.05) is 14.1 Å². The fourth-order valence-electron chi connectivity index (χ4n) is 2.21. The number of hydrogen-bond acceptors (Lipinski definition) is 6. The summed E-state index contributed by atoms with van der Waals surface area (Å²) in [7, 11) is 3.65. The van der Waals surface area contributed by atoms with E-state index >= 15 is 0 Å². The van der Waals surface area contributed by atoms with Gasteiger partial charge in [0.05, 0.1) is 12.0 Å².